The van der Waals surface area contributed by atoms with Crippen LogP contribution in [0.3, 0.4) is 0 Å². The van der Waals surface area contributed by atoms with E-state index < -0.39 is 0 Å². The highest BCUT2D eigenvalue weighted by Gasteiger charge is 2.40. The van der Waals surface area contributed by atoms with Crippen LogP contribution in [0.1, 0.15) is 50.8 Å². The summed E-state index contributed by atoms with van der Waals surface area (Å²) in [4.78, 5) is 6.97. The van der Waals surface area contributed by atoms with E-state index >= 15 is 0 Å². The molecule has 0 saturated carbocycles. The molecule has 0 spiro atoms. The second-order valence-electron chi connectivity index (χ2n) is 5.87. The zero-order valence-corrected chi connectivity index (χ0v) is 11.5. The van der Waals surface area contributed by atoms with Crippen LogP contribution in [0.5, 0.6) is 0 Å². The average Bonchev–Trinajstić information content (AvgIpc) is 2.70. The molecule has 0 aliphatic carbocycles. The molecule has 1 aromatic heterocycles. The number of fused-ring (bicyclic) bond motifs is 2. The summed E-state index contributed by atoms with van der Waals surface area (Å²) in [6.45, 7) is 2.08. The lowest BCUT2D eigenvalue weighted by atomic mass is 9.99. The van der Waals surface area contributed by atoms with Gasteiger partial charge in [-0.3, -0.25) is 4.98 Å². The molecule has 3 rings (SSSR count). The second kappa shape index (κ2) is 5.10. The number of aliphatic hydroxyl groups excluding tert-OH is 1. The van der Waals surface area contributed by atoms with E-state index in [2.05, 4.69) is 22.9 Å². The van der Waals surface area contributed by atoms with Gasteiger partial charge in [-0.2, -0.15) is 0 Å². The van der Waals surface area contributed by atoms with Gasteiger partial charge in [0.15, 0.2) is 0 Å². The Balaban J connectivity index is 1.80. The fraction of sp³-hybridized carbons (Fsp3) is 0.667. The van der Waals surface area contributed by atoms with Gasteiger partial charge in [0.1, 0.15) is 0 Å². The van der Waals surface area contributed by atoms with Gasteiger partial charge < -0.3 is 15.7 Å². The van der Waals surface area contributed by atoms with Crippen molar-refractivity contribution in [3.63, 3.8) is 0 Å². The van der Waals surface area contributed by atoms with Gasteiger partial charge >= 0.3 is 0 Å². The van der Waals surface area contributed by atoms with Crippen LogP contribution in [0.2, 0.25) is 0 Å². The summed E-state index contributed by atoms with van der Waals surface area (Å²) in [5.74, 6) is 0. The highest BCUT2D eigenvalue weighted by molar-refractivity contribution is 5.49. The molecular weight excluding hydrogens is 238 g/mol. The van der Waals surface area contributed by atoms with Crippen LogP contribution in [-0.4, -0.2) is 28.3 Å². The zero-order valence-electron chi connectivity index (χ0n) is 11.5. The van der Waals surface area contributed by atoms with Gasteiger partial charge in [-0.1, -0.05) is 6.92 Å². The van der Waals surface area contributed by atoms with E-state index in [9.17, 15) is 5.11 Å². The van der Waals surface area contributed by atoms with Crippen molar-refractivity contribution in [3.05, 3.63) is 24.0 Å². The fourth-order valence-electron chi connectivity index (χ4n) is 3.55. The molecule has 3 atom stereocenters. The number of hydrogen-bond donors (Lipinski definition) is 2. The van der Waals surface area contributed by atoms with E-state index in [0.29, 0.717) is 12.1 Å². The number of anilines is 1. The lowest BCUT2D eigenvalue weighted by Crippen LogP contribution is -2.44. The number of rotatable bonds is 3. The number of aromatic nitrogens is 1. The first-order chi connectivity index (χ1) is 9.19. The number of piperidine rings is 1. The number of hydrogen-bond acceptors (Lipinski definition) is 4. The Morgan fingerprint density at radius 1 is 1.37 bits per heavy atom. The number of nitrogens with two attached hydrogens (primary N) is 1. The largest absolute Gasteiger partial charge is 0.393 e. The Kier molecular flexibility index (Phi) is 3.46. The Bertz CT molecular complexity index is 420. The Hall–Kier alpha value is -1.13. The molecule has 2 aliphatic rings. The van der Waals surface area contributed by atoms with Gasteiger partial charge in [0, 0.05) is 18.1 Å². The summed E-state index contributed by atoms with van der Waals surface area (Å²) in [7, 11) is 0. The summed E-state index contributed by atoms with van der Waals surface area (Å²) in [6.07, 6.45) is 6.92. The zero-order chi connectivity index (χ0) is 13.4. The fourth-order valence-corrected chi connectivity index (χ4v) is 3.55. The van der Waals surface area contributed by atoms with Crippen LogP contribution in [0.25, 0.3) is 0 Å². The molecule has 2 aliphatic heterocycles. The van der Waals surface area contributed by atoms with Gasteiger partial charge in [0.25, 0.3) is 0 Å². The molecule has 4 heteroatoms. The maximum Gasteiger partial charge on any atom is 0.0579 e. The maximum absolute atomic E-state index is 9.84. The summed E-state index contributed by atoms with van der Waals surface area (Å²) in [5, 5.41) is 9.84. The third-order valence-electron chi connectivity index (χ3n) is 4.60. The first-order valence-corrected chi connectivity index (χ1v) is 7.37. The molecular formula is C15H23N3O. The molecule has 1 aromatic rings. The third-order valence-corrected chi connectivity index (χ3v) is 4.60. The minimum absolute atomic E-state index is 0.0361. The molecule has 2 unspecified atom stereocenters. The molecule has 3 heterocycles. The number of aliphatic hydroxyl groups is 1. The van der Waals surface area contributed by atoms with E-state index in [1.165, 1.54) is 18.5 Å². The van der Waals surface area contributed by atoms with Crippen molar-refractivity contribution in [1.82, 2.24) is 4.98 Å². The van der Waals surface area contributed by atoms with Crippen molar-refractivity contribution in [2.75, 3.05) is 4.90 Å². The number of pyridine rings is 1. The molecule has 0 amide bonds. The van der Waals surface area contributed by atoms with Crippen LogP contribution in [-0.2, 0) is 0 Å². The third kappa shape index (κ3) is 2.35. The van der Waals surface area contributed by atoms with Crippen LogP contribution in [0, 0.1) is 0 Å². The van der Waals surface area contributed by atoms with Gasteiger partial charge in [0.2, 0.25) is 0 Å². The normalized spacial score (nSPS) is 31.5. The van der Waals surface area contributed by atoms with Crippen molar-refractivity contribution in [3.8, 4) is 0 Å². The molecule has 3 N–H and O–H groups in total. The van der Waals surface area contributed by atoms with Crippen LogP contribution in [0.4, 0.5) is 5.69 Å². The van der Waals surface area contributed by atoms with E-state index in [1.54, 1.807) is 0 Å². The first-order valence-electron chi connectivity index (χ1n) is 7.37. The summed E-state index contributed by atoms with van der Waals surface area (Å²) in [6, 6.07) is 5.20. The lowest BCUT2D eigenvalue weighted by molar-refractivity contribution is 0.126. The smallest absolute Gasteiger partial charge is 0.0579 e. The Morgan fingerprint density at radius 3 is 2.58 bits per heavy atom. The first kappa shape index (κ1) is 12.9. The van der Waals surface area contributed by atoms with Crippen LogP contribution in [0.15, 0.2) is 18.3 Å². The standard InChI is InChI=1S/C15H23N3O/c1-2-14(16)15-6-5-12(9-17-15)18-10-3-4-11(18)8-13(19)7-10/h5-6,9-11,13-14,19H,2-4,7-8,16H2,1H3/t10?,11?,13?,14-/m1/s1. The van der Waals surface area contributed by atoms with Gasteiger partial charge in [-0.25, -0.2) is 0 Å². The SMILES string of the molecule is CC[C@@H](N)c1ccc(N2C3CCC2CC(O)C3)cn1. The van der Waals surface area contributed by atoms with Crippen molar-refractivity contribution in [2.24, 2.45) is 5.73 Å². The molecule has 2 bridgehead atoms. The molecule has 4 nitrogen and oxygen atoms in total. The minimum Gasteiger partial charge on any atom is -0.393 e. The molecule has 0 radical (unpaired) electrons. The van der Waals surface area contributed by atoms with E-state index in [1.807, 2.05) is 12.3 Å². The highest BCUT2D eigenvalue weighted by Crippen LogP contribution is 2.39. The van der Waals surface area contributed by atoms with Crippen LogP contribution >= 0.6 is 0 Å². The van der Waals surface area contributed by atoms with Crippen molar-refractivity contribution >= 4 is 5.69 Å². The quantitative estimate of drug-likeness (QED) is 0.873. The van der Waals surface area contributed by atoms with E-state index in [4.69, 9.17) is 5.73 Å². The molecule has 104 valence electrons. The van der Waals surface area contributed by atoms with Crippen molar-refractivity contribution in [1.29, 1.82) is 0 Å². The van der Waals surface area contributed by atoms with Gasteiger partial charge in [-0.05, 0) is 44.2 Å². The molecule has 19 heavy (non-hydrogen) atoms. The average molecular weight is 261 g/mol. The molecule has 2 saturated heterocycles. The molecule has 2 fully saturated rings. The Morgan fingerprint density at radius 2 is 2.05 bits per heavy atom. The Labute approximate surface area is 114 Å². The van der Waals surface area contributed by atoms with E-state index in [-0.39, 0.29) is 12.1 Å². The van der Waals surface area contributed by atoms with Gasteiger partial charge in [0.05, 0.1) is 23.7 Å². The summed E-state index contributed by atoms with van der Waals surface area (Å²) >= 11 is 0. The minimum atomic E-state index is -0.116. The van der Waals surface area contributed by atoms with Crippen molar-refractivity contribution < 1.29 is 5.11 Å². The highest BCUT2D eigenvalue weighted by atomic mass is 16.3. The predicted octanol–water partition coefficient (Wildman–Crippen LogP) is 1.98. The number of nitrogens with zero attached hydrogens (tertiary/aromatic N) is 2. The van der Waals surface area contributed by atoms with Gasteiger partial charge in [-0.15, -0.1) is 0 Å². The maximum atomic E-state index is 9.84. The summed E-state index contributed by atoms with van der Waals surface area (Å²) in [5.41, 5.74) is 8.15. The monoisotopic (exact) mass is 261 g/mol. The summed E-state index contributed by atoms with van der Waals surface area (Å²) < 4.78 is 0. The van der Waals surface area contributed by atoms with Crippen molar-refractivity contribution in [2.45, 2.75) is 63.3 Å². The van der Waals surface area contributed by atoms with Crippen LogP contribution < -0.4 is 10.6 Å². The second-order valence-corrected chi connectivity index (χ2v) is 5.87. The molecule has 0 aromatic carbocycles. The lowest BCUT2D eigenvalue weighted by Gasteiger charge is -2.38. The topological polar surface area (TPSA) is 62.4 Å². The predicted molar refractivity (Wildman–Crippen MR) is 76.0 cm³/mol. The van der Waals surface area contributed by atoms with E-state index in [0.717, 1.165) is 25.0 Å².